The van der Waals surface area contributed by atoms with Gasteiger partial charge in [-0.25, -0.2) is 0 Å². The number of hydrogen-bond donors (Lipinski definition) is 1. The summed E-state index contributed by atoms with van der Waals surface area (Å²) < 4.78 is 17.4. The Morgan fingerprint density at radius 2 is 1.74 bits per heavy atom. The molecule has 1 N–H and O–H groups in total. The first kappa shape index (κ1) is 23.6. The van der Waals surface area contributed by atoms with Crippen LogP contribution in [0.1, 0.15) is 42.5 Å². The van der Waals surface area contributed by atoms with E-state index in [-0.39, 0.29) is 6.04 Å². The van der Waals surface area contributed by atoms with Gasteiger partial charge >= 0.3 is 5.97 Å². The third-order valence-electron chi connectivity index (χ3n) is 6.16. The smallest absolute Gasteiger partial charge is 0.320 e. The topological polar surface area (TPSA) is 68.2 Å². The molecule has 3 aromatic rings. The number of rotatable bonds is 10. The molecule has 1 aliphatic rings. The van der Waals surface area contributed by atoms with Gasteiger partial charge in [-0.3, -0.25) is 9.69 Å². The van der Waals surface area contributed by atoms with E-state index in [0.717, 1.165) is 28.9 Å². The van der Waals surface area contributed by atoms with Crippen LogP contribution in [0.15, 0.2) is 72.8 Å². The number of carbonyl (C=O) groups is 1. The van der Waals surface area contributed by atoms with Crippen LogP contribution in [0, 0.1) is 0 Å². The molecule has 0 radical (unpaired) electrons. The summed E-state index contributed by atoms with van der Waals surface area (Å²) in [5, 5.41) is 9.86. The molecule has 0 bridgehead atoms. The van der Waals surface area contributed by atoms with Crippen LogP contribution < -0.4 is 14.2 Å². The monoisotopic (exact) mass is 461 g/mol. The van der Waals surface area contributed by atoms with Crippen LogP contribution in [0.4, 0.5) is 0 Å². The van der Waals surface area contributed by atoms with E-state index in [9.17, 15) is 9.90 Å². The summed E-state index contributed by atoms with van der Waals surface area (Å²) in [7, 11) is 1.63. The lowest BCUT2D eigenvalue weighted by Gasteiger charge is -2.32. The Bertz CT molecular complexity index is 1080. The Balaban J connectivity index is 1.69. The van der Waals surface area contributed by atoms with Crippen molar-refractivity contribution in [2.45, 2.75) is 38.5 Å². The fourth-order valence-corrected chi connectivity index (χ4v) is 4.54. The average Bonchev–Trinajstić information content (AvgIpc) is 3.35. The number of nitrogens with zero attached hydrogens (tertiary/aromatic N) is 1. The van der Waals surface area contributed by atoms with Crippen molar-refractivity contribution in [2.24, 2.45) is 0 Å². The van der Waals surface area contributed by atoms with Gasteiger partial charge in [0.15, 0.2) is 11.5 Å². The Kier molecular flexibility index (Phi) is 7.70. The Morgan fingerprint density at radius 3 is 2.41 bits per heavy atom. The molecule has 0 amide bonds. The van der Waals surface area contributed by atoms with Crippen molar-refractivity contribution in [2.75, 3.05) is 20.3 Å². The van der Waals surface area contributed by atoms with Crippen LogP contribution in [0.5, 0.6) is 17.2 Å². The predicted molar refractivity (Wildman–Crippen MR) is 131 cm³/mol. The van der Waals surface area contributed by atoms with Gasteiger partial charge in [0.2, 0.25) is 0 Å². The number of carboxylic acid groups (broad SMARTS) is 1. The normalized spacial score (nSPS) is 16.7. The molecule has 2 unspecified atom stereocenters. The van der Waals surface area contributed by atoms with E-state index in [1.807, 2.05) is 79.7 Å². The van der Waals surface area contributed by atoms with Gasteiger partial charge < -0.3 is 19.3 Å². The maximum atomic E-state index is 12.0. The summed E-state index contributed by atoms with van der Waals surface area (Å²) in [6.45, 7) is 3.59. The zero-order valence-electron chi connectivity index (χ0n) is 19.6. The average molecular weight is 462 g/mol. The van der Waals surface area contributed by atoms with Gasteiger partial charge in [0.25, 0.3) is 0 Å². The largest absolute Gasteiger partial charge is 0.497 e. The number of likely N-dealkylation sites (tertiary alicyclic amines) is 1. The second-order valence-corrected chi connectivity index (χ2v) is 8.32. The SMILES string of the molecule is CCOc1cc(C(c2ccc(OC)cc2)N2CCCC2C(=O)O)ccc1OCc1ccccc1. The second kappa shape index (κ2) is 11.1. The van der Waals surface area contributed by atoms with E-state index in [1.54, 1.807) is 7.11 Å². The lowest BCUT2D eigenvalue weighted by molar-refractivity contribution is -0.142. The Labute approximate surface area is 200 Å². The summed E-state index contributed by atoms with van der Waals surface area (Å²) in [5.41, 5.74) is 3.05. The molecular formula is C28H31NO5. The highest BCUT2D eigenvalue weighted by Crippen LogP contribution is 2.39. The van der Waals surface area contributed by atoms with Crippen LogP contribution in [-0.2, 0) is 11.4 Å². The second-order valence-electron chi connectivity index (χ2n) is 8.32. The van der Waals surface area contributed by atoms with Crippen LogP contribution in [0.2, 0.25) is 0 Å². The van der Waals surface area contributed by atoms with Crippen LogP contribution in [0.3, 0.4) is 0 Å². The first-order valence-electron chi connectivity index (χ1n) is 11.7. The lowest BCUT2D eigenvalue weighted by atomic mass is 9.95. The minimum atomic E-state index is -0.788. The number of benzene rings is 3. The molecule has 34 heavy (non-hydrogen) atoms. The molecule has 0 saturated carbocycles. The molecule has 3 aromatic carbocycles. The molecule has 6 heteroatoms. The fourth-order valence-electron chi connectivity index (χ4n) is 4.54. The molecule has 1 aliphatic heterocycles. The van der Waals surface area contributed by atoms with E-state index in [0.29, 0.717) is 37.7 Å². The molecule has 178 valence electrons. The van der Waals surface area contributed by atoms with E-state index in [1.165, 1.54) is 0 Å². The maximum absolute atomic E-state index is 12.0. The molecule has 4 rings (SSSR count). The first-order valence-corrected chi connectivity index (χ1v) is 11.7. The summed E-state index contributed by atoms with van der Waals surface area (Å²) in [4.78, 5) is 14.1. The van der Waals surface area contributed by atoms with E-state index in [2.05, 4.69) is 4.90 Å². The quantitative estimate of drug-likeness (QED) is 0.441. The zero-order valence-corrected chi connectivity index (χ0v) is 19.6. The van der Waals surface area contributed by atoms with Gasteiger partial charge in [-0.15, -0.1) is 0 Å². The van der Waals surface area contributed by atoms with Gasteiger partial charge in [-0.1, -0.05) is 48.5 Å². The molecule has 0 aliphatic carbocycles. The highest BCUT2D eigenvalue weighted by Gasteiger charge is 2.37. The molecular weight excluding hydrogens is 430 g/mol. The maximum Gasteiger partial charge on any atom is 0.320 e. The molecule has 1 fully saturated rings. The van der Waals surface area contributed by atoms with Crippen molar-refractivity contribution in [3.8, 4) is 17.2 Å². The van der Waals surface area contributed by atoms with Crippen LogP contribution in [0.25, 0.3) is 0 Å². The molecule has 1 heterocycles. The van der Waals surface area contributed by atoms with Crippen molar-refractivity contribution in [1.29, 1.82) is 0 Å². The fraction of sp³-hybridized carbons (Fsp3) is 0.321. The first-order chi connectivity index (χ1) is 16.6. The van der Waals surface area contributed by atoms with E-state index in [4.69, 9.17) is 14.2 Å². The highest BCUT2D eigenvalue weighted by molar-refractivity contribution is 5.74. The summed E-state index contributed by atoms with van der Waals surface area (Å²) in [5.74, 6) is 1.29. The third-order valence-corrected chi connectivity index (χ3v) is 6.16. The number of methoxy groups -OCH3 is 1. The van der Waals surface area contributed by atoms with Gasteiger partial charge in [0.1, 0.15) is 18.4 Å². The number of aliphatic carboxylic acids is 1. The van der Waals surface area contributed by atoms with Gasteiger partial charge in [0, 0.05) is 6.54 Å². The number of carboxylic acids is 1. The molecule has 1 saturated heterocycles. The van der Waals surface area contributed by atoms with Gasteiger partial charge in [0.05, 0.1) is 19.8 Å². The van der Waals surface area contributed by atoms with Crippen LogP contribution >= 0.6 is 0 Å². The predicted octanol–water partition coefficient (Wildman–Crippen LogP) is 5.31. The Morgan fingerprint density at radius 1 is 1.00 bits per heavy atom. The van der Waals surface area contributed by atoms with Crippen molar-refractivity contribution in [3.63, 3.8) is 0 Å². The van der Waals surface area contributed by atoms with Crippen molar-refractivity contribution in [1.82, 2.24) is 4.90 Å². The van der Waals surface area contributed by atoms with Crippen molar-refractivity contribution < 1.29 is 24.1 Å². The van der Waals surface area contributed by atoms with Crippen LogP contribution in [-0.4, -0.2) is 42.3 Å². The molecule has 6 nitrogen and oxygen atoms in total. The summed E-state index contributed by atoms with van der Waals surface area (Å²) in [6.07, 6.45) is 1.48. The Hall–Kier alpha value is -3.51. The van der Waals surface area contributed by atoms with E-state index < -0.39 is 12.0 Å². The summed E-state index contributed by atoms with van der Waals surface area (Å²) in [6, 6.07) is 23.0. The molecule has 0 aromatic heterocycles. The molecule has 0 spiro atoms. The standard InChI is InChI=1S/C28H31NO5/c1-3-33-26-18-22(13-16-25(26)34-19-20-8-5-4-6-9-20)27(21-11-14-23(32-2)15-12-21)29-17-7-10-24(29)28(30)31/h4-6,8-9,11-16,18,24,27H,3,7,10,17,19H2,1-2H3,(H,30,31). The highest BCUT2D eigenvalue weighted by atomic mass is 16.5. The van der Waals surface area contributed by atoms with Gasteiger partial charge in [-0.05, 0) is 60.7 Å². The zero-order chi connectivity index (χ0) is 23.9. The number of hydrogen-bond acceptors (Lipinski definition) is 5. The van der Waals surface area contributed by atoms with Gasteiger partial charge in [-0.2, -0.15) is 0 Å². The van der Waals surface area contributed by atoms with E-state index >= 15 is 0 Å². The number of ether oxygens (including phenoxy) is 3. The minimum Gasteiger partial charge on any atom is -0.497 e. The van der Waals surface area contributed by atoms with Crippen molar-refractivity contribution >= 4 is 5.97 Å². The molecule has 2 atom stereocenters. The third kappa shape index (κ3) is 5.34. The lowest BCUT2D eigenvalue weighted by Crippen LogP contribution is -2.39. The summed E-state index contributed by atoms with van der Waals surface area (Å²) >= 11 is 0. The van der Waals surface area contributed by atoms with Crippen molar-refractivity contribution in [3.05, 3.63) is 89.5 Å². The minimum absolute atomic E-state index is 0.225.